The van der Waals surface area contributed by atoms with Crippen LogP contribution in [0.5, 0.6) is 0 Å². The van der Waals surface area contributed by atoms with E-state index in [0.717, 1.165) is 25.6 Å². The predicted molar refractivity (Wildman–Crippen MR) is 82.4 cm³/mol. The van der Waals surface area contributed by atoms with E-state index >= 15 is 0 Å². The first-order chi connectivity index (χ1) is 9.09. The molecule has 1 saturated carbocycles. The third kappa shape index (κ3) is 4.44. The molecule has 0 unspecified atom stereocenters. The van der Waals surface area contributed by atoms with Crippen molar-refractivity contribution in [2.24, 2.45) is 11.7 Å². The quantitative estimate of drug-likeness (QED) is 0.737. The van der Waals surface area contributed by atoms with Crippen molar-refractivity contribution in [3.8, 4) is 0 Å². The lowest BCUT2D eigenvalue weighted by atomic mass is 9.73. The van der Waals surface area contributed by atoms with E-state index in [1.54, 1.807) is 7.11 Å². The molecule has 2 N–H and O–H groups in total. The molecule has 0 spiro atoms. The van der Waals surface area contributed by atoms with E-state index in [1.807, 2.05) is 0 Å². The lowest BCUT2D eigenvalue weighted by Gasteiger charge is -2.49. The maximum atomic E-state index is 6.19. The molecule has 0 aliphatic heterocycles. The average Bonchev–Trinajstić information content (AvgIpc) is 2.41. The second kappa shape index (κ2) is 8.23. The van der Waals surface area contributed by atoms with Gasteiger partial charge in [0.25, 0.3) is 0 Å². The van der Waals surface area contributed by atoms with Gasteiger partial charge < -0.3 is 10.5 Å². The molecule has 1 rings (SSSR count). The van der Waals surface area contributed by atoms with Gasteiger partial charge in [0.2, 0.25) is 0 Å². The van der Waals surface area contributed by atoms with Crippen molar-refractivity contribution in [3.05, 3.63) is 0 Å². The first kappa shape index (κ1) is 16.9. The fourth-order valence-corrected chi connectivity index (χ4v) is 3.75. The number of hydrogen-bond donors (Lipinski definition) is 1. The van der Waals surface area contributed by atoms with Gasteiger partial charge in [-0.15, -0.1) is 0 Å². The van der Waals surface area contributed by atoms with E-state index in [-0.39, 0.29) is 5.54 Å². The number of methoxy groups -OCH3 is 1. The molecule has 1 aliphatic carbocycles. The Morgan fingerprint density at radius 2 is 1.95 bits per heavy atom. The summed E-state index contributed by atoms with van der Waals surface area (Å²) in [7, 11) is 1.78. The summed E-state index contributed by atoms with van der Waals surface area (Å²) >= 11 is 0. The van der Waals surface area contributed by atoms with Crippen LogP contribution in [-0.4, -0.2) is 43.3 Å². The van der Waals surface area contributed by atoms with Crippen molar-refractivity contribution in [3.63, 3.8) is 0 Å². The molecule has 0 heterocycles. The van der Waals surface area contributed by atoms with Gasteiger partial charge in [0.15, 0.2) is 0 Å². The topological polar surface area (TPSA) is 38.5 Å². The number of nitrogens with two attached hydrogens (primary N) is 1. The van der Waals surface area contributed by atoms with Crippen LogP contribution in [0.2, 0.25) is 0 Å². The molecule has 19 heavy (non-hydrogen) atoms. The summed E-state index contributed by atoms with van der Waals surface area (Å²) in [5.41, 5.74) is 6.40. The highest BCUT2D eigenvalue weighted by Gasteiger charge is 2.39. The summed E-state index contributed by atoms with van der Waals surface area (Å²) in [4.78, 5) is 2.60. The second-order valence-electron chi connectivity index (χ2n) is 6.44. The van der Waals surface area contributed by atoms with Crippen molar-refractivity contribution in [2.45, 2.75) is 70.9 Å². The maximum absolute atomic E-state index is 6.19. The van der Waals surface area contributed by atoms with Gasteiger partial charge in [-0.1, -0.05) is 19.8 Å². The monoisotopic (exact) mass is 270 g/mol. The molecule has 0 bridgehead atoms. The number of ether oxygens (including phenoxy) is 1. The van der Waals surface area contributed by atoms with E-state index in [4.69, 9.17) is 10.5 Å². The fourth-order valence-electron chi connectivity index (χ4n) is 3.75. The minimum atomic E-state index is 0.219. The largest absolute Gasteiger partial charge is 0.383 e. The van der Waals surface area contributed by atoms with Gasteiger partial charge in [0, 0.05) is 31.8 Å². The summed E-state index contributed by atoms with van der Waals surface area (Å²) < 4.78 is 5.28. The van der Waals surface area contributed by atoms with Gasteiger partial charge >= 0.3 is 0 Å². The standard InChI is InChI=1S/C16H34N2O/c1-5-6-15-7-9-16(13-17,10-8-15)18(14(2)3)11-12-19-4/h14-15H,5-13,17H2,1-4H3. The van der Waals surface area contributed by atoms with E-state index in [2.05, 4.69) is 25.7 Å². The molecular formula is C16H34N2O. The molecule has 0 saturated heterocycles. The van der Waals surface area contributed by atoms with Gasteiger partial charge in [0.1, 0.15) is 0 Å². The molecular weight excluding hydrogens is 236 g/mol. The van der Waals surface area contributed by atoms with Gasteiger partial charge in [-0.05, 0) is 45.4 Å². The highest BCUT2D eigenvalue weighted by molar-refractivity contribution is 4.97. The van der Waals surface area contributed by atoms with Gasteiger partial charge in [0.05, 0.1) is 6.61 Å². The van der Waals surface area contributed by atoms with E-state index in [0.29, 0.717) is 6.04 Å². The number of nitrogens with zero attached hydrogens (tertiary/aromatic N) is 1. The van der Waals surface area contributed by atoms with Crippen molar-refractivity contribution < 1.29 is 4.74 Å². The molecule has 0 radical (unpaired) electrons. The van der Waals surface area contributed by atoms with Crippen molar-refractivity contribution in [1.82, 2.24) is 4.90 Å². The van der Waals surface area contributed by atoms with Crippen LogP contribution < -0.4 is 5.73 Å². The maximum Gasteiger partial charge on any atom is 0.0590 e. The average molecular weight is 270 g/mol. The Morgan fingerprint density at radius 3 is 2.37 bits per heavy atom. The normalized spacial score (nSPS) is 28.3. The molecule has 0 atom stereocenters. The molecule has 0 aromatic carbocycles. The van der Waals surface area contributed by atoms with Crippen molar-refractivity contribution >= 4 is 0 Å². The van der Waals surface area contributed by atoms with Crippen LogP contribution in [0.25, 0.3) is 0 Å². The first-order valence-corrected chi connectivity index (χ1v) is 8.05. The Morgan fingerprint density at radius 1 is 1.32 bits per heavy atom. The van der Waals surface area contributed by atoms with Crippen LogP contribution in [0, 0.1) is 5.92 Å². The fraction of sp³-hybridized carbons (Fsp3) is 1.00. The third-order valence-electron chi connectivity index (χ3n) is 4.88. The minimum absolute atomic E-state index is 0.219. The molecule has 0 aromatic heterocycles. The Hall–Kier alpha value is -0.120. The van der Waals surface area contributed by atoms with Crippen LogP contribution in [0.4, 0.5) is 0 Å². The van der Waals surface area contributed by atoms with Crippen LogP contribution in [0.1, 0.15) is 59.3 Å². The zero-order valence-electron chi connectivity index (χ0n) is 13.5. The van der Waals surface area contributed by atoms with Gasteiger partial charge in [-0.25, -0.2) is 0 Å². The Labute approximate surface area is 119 Å². The van der Waals surface area contributed by atoms with E-state index < -0.39 is 0 Å². The highest BCUT2D eigenvalue weighted by Crippen LogP contribution is 2.38. The summed E-state index contributed by atoms with van der Waals surface area (Å²) in [5.74, 6) is 0.932. The zero-order chi connectivity index (χ0) is 14.3. The molecule has 3 heteroatoms. The van der Waals surface area contributed by atoms with Gasteiger partial charge in [-0.2, -0.15) is 0 Å². The van der Waals surface area contributed by atoms with Crippen LogP contribution >= 0.6 is 0 Å². The summed E-state index contributed by atoms with van der Waals surface area (Å²) in [5, 5.41) is 0. The highest BCUT2D eigenvalue weighted by atomic mass is 16.5. The molecule has 114 valence electrons. The third-order valence-corrected chi connectivity index (χ3v) is 4.88. The minimum Gasteiger partial charge on any atom is -0.383 e. The van der Waals surface area contributed by atoms with Crippen molar-refractivity contribution in [2.75, 3.05) is 26.8 Å². The molecule has 1 aliphatic rings. The molecule has 3 nitrogen and oxygen atoms in total. The van der Waals surface area contributed by atoms with E-state index in [1.165, 1.54) is 38.5 Å². The number of hydrogen-bond acceptors (Lipinski definition) is 3. The first-order valence-electron chi connectivity index (χ1n) is 8.05. The summed E-state index contributed by atoms with van der Waals surface area (Å²) in [6.45, 7) is 9.45. The Balaban J connectivity index is 2.67. The molecule has 1 fully saturated rings. The van der Waals surface area contributed by atoms with Crippen LogP contribution in [-0.2, 0) is 4.74 Å². The zero-order valence-corrected chi connectivity index (χ0v) is 13.5. The van der Waals surface area contributed by atoms with Crippen molar-refractivity contribution in [1.29, 1.82) is 0 Å². The SMILES string of the molecule is CCCC1CCC(CN)(N(CCOC)C(C)C)CC1. The summed E-state index contributed by atoms with van der Waals surface area (Å²) in [6, 6.07) is 0.543. The van der Waals surface area contributed by atoms with Crippen LogP contribution in [0.3, 0.4) is 0 Å². The summed E-state index contributed by atoms with van der Waals surface area (Å²) in [6.07, 6.45) is 7.92. The predicted octanol–water partition coefficient (Wildman–Crippen LogP) is 3.03. The van der Waals surface area contributed by atoms with E-state index in [9.17, 15) is 0 Å². The molecule has 0 amide bonds. The van der Waals surface area contributed by atoms with Gasteiger partial charge in [-0.3, -0.25) is 4.90 Å². The lowest BCUT2D eigenvalue weighted by molar-refractivity contribution is -0.000184. The Bertz CT molecular complexity index is 235. The number of rotatable bonds is 8. The second-order valence-corrected chi connectivity index (χ2v) is 6.44. The molecule has 0 aromatic rings. The van der Waals surface area contributed by atoms with Crippen LogP contribution in [0.15, 0.2) is 0 Å². The lowest BCUT2D eigenvalue weighted by Crippen LogP contribution is -2.59. The smallest absolute Gasteiger partial charge is 0.0590 e. The Kier molecular flexibility index (Phi) is 7.33.